The summed E-state index contributed by atoms with van der Waals surface area (Å²) in [5, 5.41) is 0. The second-order valence-electron chi connectivity index (χ2n) is 6.87. The lowest BCUT2D eigenvalue weighted by molar-refractivity contribution is 0.0993. The van der Waals surface area contributed by atoms with Gasteiger partial charge in [0, 0.05) is 32.2 Å². The van der Waals surface area contributed by atoms with Crippen LogP contribution in [0.25, 0.3) is 11.1 Å². The third kappa shape index (κ3) is 3.55. The molecule has 0 spiro atoms. The van der Waals surface area contributed by atoms with Gasteiger partial charge in [0.25, 0.3) is 0 Å². The molecule has 0 aliphatic carbocycles. The molecule has 4 rings (SSSR count). The Morgan fingerprint density at radius 3 is 2.19 bits per heavy atom. The van der Waals surface area contributed by atoms with E-state index in [1.807, 2.05) is 42.5 Å². The molecule has 3 aromatic carbocycles. The first-order valence-corrected chi connectivity index (χ1v) is 9.33. The van der Waals surface area contributed by atoms with Gasteiger partial charge >= 0.3 is 0 Å². The summed E-state index contributed by atoms with van der Waals surface area (Å²) in [5.74, 6) is 0.165. The van der Waals surface area contributed by atoms with Gasteiger partial charge in [-0.2, -0.15) is 0 Å². The molecule has 1 aliphatic heterocycles. The zero-order chi connectivity index (χ0) is 17.8. The Morgan fingerprint density at radius 1 is 0.808 bits per heavy atom. The number of hydrogen-bond donors (Lipinski definition) is 0. The van der Waals surface area contributed by atoms with Crippen LogP contribution in [0.3, 0.4) is 0 Å². The second kappa shape index (κ2) is 7.57. The van der Waals surface area contributed by atoms with Crippen molar-refractivity contribution in [3.05, 3.63) is 90.0 Å². The van der Waals surface area contributed by atoms with Crippen LogP contribution in [0.15, 0.2) is 78.9 Å². The van der Waals surface area contributed by atoms with Gasteiger partial charge in [0.15, 0.2) is 5.78 Å². The van der Waals surface area contributed by atoms with E-state index in [1.165, 1.54) is 18.5 Å². The first-order valence-electron chi connectivity index (χ1n) is 9.33. The van der Waals surface area contributed by atoms with Gasteiger partial charge in [-0.3, -0.25) is 4.79 Å². The van der Waals surface area contributed by atoms with Crippen LogP contribution >= 0.6 is 0 Å². The number of anilines is 1. The maximum absolute atomic E-state index is 12.9. The molecule has 0 aromatic heterocycles. The van der Waals surface area contributed by atoms with Gasteiger partial charge in [0.2, 0.25) is 0 Å². The van der Waals surface area contributed by atoms with E-state index >= 15 is 0 Å². The summed E-state index contributed by atoms with van der Waals surface area (Å²) < 4.78 is 0. The van der Waals surface area contributed by atoms with Crippen LogP contribution in [0.5, 0.6) is 0 Å². The number of benzene rings is 3. The molecule has 0 saturated carbocycles. The maximum atomic E-state index is 12.9. The summed E-state index contributed by atoms with van der Waals surface area (Å²) in [5.41, 5.74) is 5.22. The lowest BCUT2D eigenvalue weighted by atomic mass is 9.94. The highest BCUT2D eigenvalue weighted by Gasteiger charge is 2.14. The summed E-state index contributed by atoms with van der Waals surface area (Å²) in [7, 11) is 0. The maximum Gasteiger partial charge on any atom is 0.167 e. The fourth-order valence-corrected chi connectivity index (χ4v) is 3.68. The summed E-state index contributed by atoms with van der Waals surface area (Å²) in [6, 6.07) is 26.5. The quantitative estimate of drug-likeness (QED) is 0.560. The van der Waals surface area contributed by atoms with E-state index in [0.717, 1.165) is 35.3 Å². The fraction of sp³-hybridized carbons (Fsp3) is 0.208. The van der Waals surface area contributed by atoms with Crippen LogP contribution in [-0.4, -0.2) is 18.9 Å². The smallest absolute Gasteiger partial charge is 0.167 e. The van der Waals surface area contributed by atoms with Crippen LogP contribution in [0.2, 0.25) is 0 Å². The van der Waals surface area contributed by atoms with Crippen LogP contribution in [0, 0.1) is 0 Å². The number of hydrogen-bond acceptors (Lipinski definition) is 2. The molecule has 1 saturated heterocycles. The average Bonchev–Trinajstić information content (AvgIpc) is 3.24. The molecule has 2 heteroatoms. The molecule has 3 aromatic rings. The zero-order valence-electron chi connectivity index (χ0n) is 14.9. The Kier molecular flexibility index (Phi) is 4.83. The van der Waals surface area contributed by atoms with E-state index in [0.29, 0.717) is 6.42 Å². The molecule has 0 unspecified atom stereocenters. The van der Waals surface area contributed by atoms with E-state index < -0.39 is 0 Å². The molecule has 0 amide bonds. The summed E-state index contributed by atoms with van der Waals surface area (Å²) in [6.45, 7) is 2.28. The Morgan fingerprint density at radius 2 is 1.46 bits per heavy atom. The Bertz CT molecular complexity index is 884. The van der Waals surface area contributed by atoms with Crippen LogP contribution in [-0.2, 0) is 6.42 Å². The van der Waals surface area contributed by atoms with Gasteiger partial charge in [-0.1, -0.05) is 66.7 Å². The number of carbonyl (C=O) groups excluding carboxylic acids is 1. The molecule has 132 valence electrons. The van der Waals surface area contributed by atoms with Crippen LogP contribution in [0.1, 0.15) is 30.2 Å². The number of Topliss-reactive ketones (excluding diaryl/α,β-unsaturated/α-hetero) is 1. The Balaban J connectivity index is 0.00000210. The normalized spacial score (nSPS) is 13.8. The SMILES string of the molecule is O=C(Cc1ccc(N2CCCC2)cc1)c1ccccc1-c1ccccc1.[HH]. The van der Waals surface area contributed by atoms with Crippen molar-refractivity contribution in [2.45, 2.75) is 19.3 Å². The van der Waals surface area contributed by atoms with Crippen molar-refractivity contribution in [1.82, 2.24) is 0 Å². The molecular formula is C24H25NO. The van der Waals surface area contributed by atoms with E-state index in [-0.39, 0.29) is 7.21 Å². The Hall–Kier alpha value is -2.87. The third-order valence-electron chi connectivity index (χ3n) is 5.08. The molecule has 1 heterocycles. The number of ketones is 1. The summed E-state index contributed by atoms with van der Waals surface area (Å²) in [6.07, 6.45) is 2.98. The van der Waals surface area contributed by atoms with E-state index in [1.54, 1.807) is 0 Å². The molecule has 26 heavy (non-hydrogen) atoms. The van der Waals surface area contributed by atoms with Gasteiger partial charge in [-0.25, -0.2) is 0 Å². The summed E-state index contributed by atoms with van der Waals surface area (Å²) >= 11 is 0. The van der Waals surface area contributed by atoms with Crippen molar-refractivity contribution in [3.8, 4) is 11.1 Å². The standard InChI is InChI=1S/C24H23NO.H2/c26-24(18-19-12-14-21(15-13-19)25-16-6-7-17-25)23-11-5-4-10-22(23)20-8-2-1-3-9-20;/h1-5,8-15H,6-7,16-18H2;1H. The molecule has 0 bridgehead atoms. The summed E-state index contributed by atoms with van der Waals surface area (Å²) in [4.78, 5) is 15.4. The molecule has 1 aliphatic rings. The lowest BCUT2D eigenvalue weighted by Crippen LogP contribution is -2.17. The van der Waals surface area contributed by atoms with Crippen LogP contribution in [0.4, 0.5) is 5.69 Å². The molecule has 0 radical (unpaired) electrons. The van der Waals surface area contributed by atoms with Crippen LogP contribution < -0.4 is 4.90 Å². The van der Waals surface area contributed by atoms with Crippen molar-refractivity contribution in [1.29, 1.82) is 0 Å². The number of carbonyl (C=O) groups is 1. The van der Waals surface area contributed by atoms with Gasteiger partial charge in [-0.05, 0) is 41.7 Å². The first-order chi connectivity index (χ1) is 12.8. The molecule has 0 atom stereocenters. The van der Waals surface area contributed by atoms with Crippen molar-refractivity contribution in [2.75, 3.05) is 18.0 Å². The lowest BCUT2D eigenvalue weighted by Gasteiger charge is -2.17. The van der Waals surface area contributed by atoms with Gasteiger partial charge in [0.1, 0.15) is 0 Å². The van der Waals surface area contributed by atoms with E-state index in [9.17, 15) is 4.79 Å². The largest absolute Gasteiger partial charge is 0.372 e. The van der Waals surface area contributed by atoms with Gasteiger partial charge < -0.3 is 4.90 Å². The van der Waals surface area contributed by atoms with Crippen molar-refractivity contribution in [2.24, 2.45) is 0 Å². The van der Waals surface area contributed by atoms with Crippen molar-refractivity contribution in [3.63, 3.8) is 0 Å². The highest BCUT2D eigenvalue weighted by molar-refractivity contribution is 6.03. The molecular weight excluding hydrogens is 318 g/mol. The van der Waals surface area contributed by atoms with E-state index in [4.69, 9.17) is 0 Å². The highest BCUT2D eigenvalue weighted by Crippen LogP contribution is 2.25. The zero-order valence-corrected chi connectivity index (χ0v) is 14.9. The Labute approximate surface area is 156 Å². The van der Waals surface area contributed by atoms with Gasteiger partial charge in [0.05, 0.1) is 0 Å². The van der Waals surface area contributed by atoms with Crippen molar-refractivity contribution >= 4 is 11.5 Å². The average molecular weight is 343 g/mol. The molecule has 0 N–H and O–H groups in total. The molecule has 1 fully saturated rings. The first kappa shape index (κ1) is 16.6. The highest BCUT2D eigenvalue weighted by atomic mass is 16.1. The topological polar surface area (TPSA) is 20.3 Å². The number of nitrogens with zero attached hydrogens (tertiary/aromatic N) is 1. The van der Waals surface area contributed by atoms with E-state index in [2.05, 4.69) is 41.3 Å². The minimum absolute atomic E-state index is 0. The minimum Gasteiger partial charge on any atom is -0.372 e. The second-order valence-corrected chi connectivity index (χ2v) is 6.87. The minimum atomic E-state index is 0. The fourth-order valence-electron chi connectivity index (χ4n) is 3.68. The number of rotatable bonds is 5. The predicted molar refractivity (Wildman–Crippen MR) is 110 cm³/mol. The third-order valence-corrected chi connectivity index (χ3v) is 5.08. The van der Waals surface area contributed by atoms with Crippen molar-refractivity contribution < 1.29 is 6.22 Å². The molecule has 2 nitrogen and oxygen atoms in total. The predicted octanol–water partition coefficient (Wildman–Crippen LogP) is 5.63. The monoisotopic (exact) mass is 343 g/mol. The van der Waals surface area contributed by atoms with Gasteiger partial charge in [-0.15, -0.1) is 0 Å².